The van der Waals surface area contributed by atoms with E-state index in [0.29, 0.717) is 6.54 Å². The number of rotatable bonds is 4. The highest BCUT2D eigenvalue weighted by molar-refractivity contribution is 7.10. The minimum atomic E-state index is -0.311. The van der Waals surface area contributed by atoms with Gasteiger partial charge in [-0.25, -0.2) is 4.39 Å². The molecule has 2 N–H and O–H groups in total. The molecule has 0 fully saturated rings. The number of carbonyl (C=O) groups excluding carboxylic acids is 1. The van der Waals surface area contributed by atoms with Gasteiger partial charge in [0, 0.05) is 15.8 Å². The number of aliphatic hydroxyl groups is 1. The largest absolute Gasteiger partial charge is 0.384 e. The summed E-state index contributed by atoms with van der Waals surface area (Å²) in [7, 11) is 0. The third-order valence-corrected chi connectivity index (χ3v) is 3.64. The van der Waals surface area contributed by atoms with Crippen molar-refractivity contribution in [2.45, 2.75) is 13.0 Å². The maximum atomic E-state index is 12.8. The zero-order chi connectivity index (χ0) is 15.1. The number of carbonyl (C=O) groups is 1. The van der Waals surface area contributed by atoms with Crippen molar-refractivity contribution >= 4 is 17.2 Å². The average Bonchev–Trinajstić information content (AvgIpc) is 2.93. The van der Waals surface area contributed by atoms with Crippen LogP contribution in [0.5, 0.6) is 0 Å². The van der Waals surface area contributed by atoms with Crippen LogP contribution in [0.15, 0.2) is 35.7 Å². The van der Waals surface area contributed by atoms with Crippen LogP contribution in [0, 0.1) is 17.7 Å². The van der Waals surface area contributed by atoms with Crippen molar-refractivity contribution in [2.75, 3.05) is 6.61 Å². The number of aliphatic hydroxyl groups excluding tert-OH is 1. The highest BCUT2D eigenvalue weighted by atomic mass is 32.1. The van der Waals surface area contributed by atoms with E-state index in [4.69, 9.17) is 5.11 Å². The Balaban J connectivity index is 1.83. The van der Waals surface area contributed by atoms with E-state index in [1.54, 1.807) is 12.1 Å². The molecule has 0 atom stereocenters. The average molecular weight is 303 g/mol. The van der Waals surface area contributed by atoms with Gasteiger partial charge in [-0.05, 0) is 23.8 Å². The lowest BCUT2D eigenvalue weighted by atomic mass is 10.1. The van der Waals surface area contributed by atoms with E-state index in [0.717, 1.165) is 16.0 Å². The summed E-state index contributed by atoms with van der Waals surface area (Å²) in [6, 6.07) is 7.76. The van der Waals surface area contributed by atoms with E-state index < -0.39 is 0 Å². The van der Waals surface area contributed by atoms with E-state index in [1.807, 2.05) is 11.4 Å². The number of amides is 1. The van der Waals surface area contributed by atoms with Crippen molar-refractivity contribution in [1.82, 2.24) is 5.32 Å². The van der Waals surface area contributed by atoms with Gasteiger partial charge in [0.15, 0.2) is 0 Å². The second-order valence-electron chi connectivity index (χ2n) is 4.34. The molecule has 3 nitrogen and oxygen atoms in total. The first-order chi connectivity index (χ1) is 10.2. The molecule has 21 heavy (non-hydrogen) atoms. The van der Waals surface area contributed by atoms with E-state index in [9.17, 15) is 9.18 Å². The molecule has 0 unspecified atom stereocenters. The molecule has 2 rings (SSSR count). The molecular formula is C16H14FNO2S. The summed E-state index contributed by atoms with van der Waals surface area (Å²) in [5, 5.41) is 13.3. The molecule has 0 saturated heterocycles. The van der Waals surface area contributed by atoms with Gasteiger partial charge in [0.25, 0.3) is 0 Å². The van der Waals surface area contributed by atoms with Crippen LogP contribution in [0.2, 0.25) is 0 Å². The fourth-order valence-corrected chi connectivity index (χ4v) is 2.47. The molecule has 1 aromatic carbocycles. The maximum Gasteiger partial charge on any atom is 0.224 e. The Morgan fingerprint density at radius 2 is 2.10 bits per heavy atom. The molecule has 1 amide bonds. The zero-order valence-corrected chi connectivity index (χ0v) is 12.0. The van der Waals surface area contributed by atoms with E-state index >= 15 is 0 Å². The predicted molar refractivity (Wildman–Crippen MR) is 80.2 cm³/mol. The SMILES string of the molecule is O=C(Cc1ccc(F)cc1)NCc1cc(C#CCO)cs1. The van der Waals surface area contributed by atoms with Crippen molar-refractivity contribution in [2.24, 2.45) is 0 Å². The Hall–Kier alpha value is -2.16. The van der Waals surface area contributed by atoms with Gasteiger partial charge in [0.2, 0.25) is 5.91 Å². The van der Waals surface area contributed by atoms with Crippen LogP contribution in [0.1, 0.15) is 16.0 Å². The molecule has 1 aromatic heterocycles. The van der Waals surface area contributed by atoms with Crippen LogP contribution in [-0.2, 0) is 17.8 Å². The summed E-state index contributed by atoms with van der Waals surface area (Å²) in [5.74, 6) is 4.96. The van der Waals surface area contributed by atoms with E-state index in [1.165, 1.54) is 23.5 Å². The number of halogens is 1. The molecule has 0 spiro atoms. The highest BCUT2D eigenvalue weighted by Gasteiger charge is 2.05. The summed E-state index contributed by atoms with van der Waals surface area (Å²) in [6.45, 7) is 0.269. The van der Waals surface area contributed by atoms with Crippen molar-refractivity contribution < 1.29 is 14.3 Å². The van der Waals surface area contributed by atoms with E-state index in [2.05, 4.69) is 17.2 Å². The Kier molecular flexibility index (Phi) is 5.50. The molecule has 0 aliphatic carbocycles. The monoisotopic (exact) mass is 303 g/mol. The Labute approximate surface area is 126 Å². The van der Waals surface area contributed by atoms with Gasteiger partial charge in [0.1, 0.15) is 12.4 Å². The van der Waals surface area contributed by atoms with Gasteiger partial charge in [-0.2, -0.15) is 0 Å². The Morgan fingerprint density at radius 3 is 2.81 bits per heavy atom. The van der Waals surface area contributed by atoms with Crippen molar-refractivity contribution in [1.29, 1.82) is 0 Å². The van der Waals surface area contributed by atoms with Gasteiger partial charge >= 0.3 is 0 Å². The van der Waals surface area contributed by atoms with Gasteiger partial charge < -0.3 is 10.4 Å². The first kappa shape index (κ1) is 15.2. The quantitative estimate of drug-likeness (QED) is 0.850. The first-order valence-electron chi connectivity index (χ1n) is 6.35. The van der Waals surface area contributed by atoms with Crippen LogP contribution in [0.3, 0.4) is 0 Å². The third-order valence-electron chi connectivity index (χ3n) is 2.70. The zero-order valence-electron chi connectivity index (χ0n) is 11.2. The lowest BCUT2D eigenvalue weighted by molar-refractivity contribution is -0.120. The number of thiophene rings is 1. The maximum absolute atomic E-state index is 12.8. The van der Waals surface area contributed by atoms with Crippen LogP contribution in [0.4, 0.5) is 4.39 Å². The highest BCUT2D eigenvalue weighted by Crippen LogP contribution is 2.13. The van der Waals surface area contributed by atoms with Crippen LogP contribution in [0.25, 0.3) is 0 Å². The van der Waals surface area contributed by atoms with Crippen LogP contribution < -0.4 is 5.32 Å². The second-order valence-corrected chi connectivity index (χ2v) is 5.34. The first-order valence-corrected chi connectivity index (χ1v) is 7.23. The minimum absolute atomic E-state index is 0.113. The smallest absolute Gasteiger partial charge is 0.224 e. The van der Waals surface area contributed by atoms with E-state index in [-0.39, 0.29) is 24.8 Å². The topological polar surface area (TPSA) is 49.3 Å². The fourth-order valence-electron chi connectivity index (χ4n) is 1.72. The van der Waals surface area contributed by atoms with Crippen molar-refractivity contribution in [3.63, 3.8) is 0 Å². The lowest BCUT2D eigenvalue weighted by Gasteiger charge is -2.03. The normalized spacial score (nSPS) is 9.81. The van der Waals surface area contributed by atoms with Crippen LogP contribution >= 0.6 is 11.3 Å². The number of nitrogens with one attached hydrogen (secondary N) is 1. The summed E-state index contributed by atoms with van der Waals surface area (Å²) in [6.07, 6.45) is 0.225. The molecular weight excluding hydrogens is 289 g/mol. The molecule has 5 heteroatoms. The Morgan fingerprint density at radius 1 is 1.33 bits per heavy atom. The predicted octanol–water partition coefficient (Wildman–Crippen LogP) is 2.09. The summed E-state index contributed by atoms with van der Waals surface area (Å²) < 4.78 is 12.8. The second kappa shape index (κ2) is 7.58. The van der Waals surface area contributed by atoms with Crippen LogP contribution in [-0.4, -0.2) is 17.6 Å². The number of benzene rings is 1. The number of hydrogen-bond donors (Lipinski definition) is 2. The molecule has 0 aliphatic rings. The molecule has 0 saturated carbocycles. The Bertz CT molecular complexity index is 668. The third kappa shape index (κ3) is 5.03. The standard InChI is InChI=1S/C16H14FNO2S/c17-14-5-3-12(4-6-14)9-16(20)18-10-15-8-13(11-21-15)2-1-7-19/h3-6,8,11,19H,7,9-10H2,(H,18,20). The lowest BCUT2D eigenvalue weighted by Crippen LogP contribution is -2.24. The van der Waals surface area contributed by atoms with Crippen molar-refractivity contribution in [3.8, 4) is 11.8 Å². The summed E-state index contributed by atoms with van der Waals surface area (Å²) in [5.41, 5.74) is 1.60. The molecule has 108 valence electrons. The molecule has 1 heterocycles. The molecule has 0 radical (unpaired) electrons. The van der Waals surface area contributed by atoms with Gasteiger partial charge in [-0.15, -0.1) is 11.3 Å². The molecule has 0 bridgehead atoms. The van der Waals surface area contributed by atoms with Gasteiger partial charge in [-0.3, -0.25) is 4.79 Å². The van der Waals surface area contributed by atoms with Gasteiger partial charge in [0.05, 0.1) is 13.0 Å². The minimum Gasteiger partial charge on any atom is -0.384 e. The summed E-state index contributed by atoms with van der Waals surface area (Å²) in [4.78, 5) is 12.8. The van der Waals surface area contributed by atoms with Crippen molar-refractivity contribution in [3.05, 3.63) is 57.5 Å². The molecule has 2 aromatic rings. The number of hydrogen-bond acceptors (Lipinski definition) is 3. The summed E-state index contributed by atoms with van der Waals surface area (Å²) >= 11 is 1.50. The fraction of sp³-hybridized carbons (Fsp3) is 0.188. The van der Waals surface area contributed by atoms with Gasteiger partial charge in [-0.1, -0.05) is 24.0 Å². The molecule has 0 aliphatic heterocycles.